The van der Waals surface area contributed by atoms with Gasteiger partial charge in [0.25, 0.3) is 5.91 Å². The van der Waals surface area contributed by atoms with Gasteiger partial charge in [-0.25, -0.2) is 8.42 Å². The van der Waals surface area contributed by atoms with Crippen molar-refractivity contribution in [2.45, 2.75) is 19.4 Å². The summed E-state index contributed by atoms with van der Waals surface area (Å²) in [5.41, 5.74) is 0.874. The van der Waals surface area contributed by atoms with Gasteiger partial charge in [0.05, 0.1) is 22.8 Å². The van der Waals surface area contributed by atoms with Gasteiger partial charge in [-0.2, -0.15) is 5.26 Å². The molecule has 1 fully saturated rings. The number of benzene rings is 1. The van der Waals surface area contributed by atoms with E-state index in [9.17, 15) is 13.2 Å². The zero-order valence-electron chi connectivity index (χ0n) is 14.8. The molecule has 0 aliphatic carbocycles. The van der Waals surface area contributed by atoms with Crippen molar-refractivity contribution in [1.29, 1.82) is 5.26 Å². The maximum absolute atomic E-state index is 12.4. The van der Waals surface area contributed by atoms with Crippen LogP contribution in [0.25, 0.3) is 0 Å². The third kappa shape index (κ3) is 4.23. The SMILES string of the molecule is CCN(c1ccc(C(=O)Nc2ccccc2C#N)nn1)C1CCS(=O)(=O)C1. The van der Waals surface area contributed by atoms with Crippen LogP contribution in [0.4, 0.5) is 11.5 Å². The van der Waals surface area contributed by atoms with Crippen LogP contribution in [0.3, 0.4) is 0 Å². The summed E-state index contributed by atoms with van der Waals surface area (Å²) >= 11 is 0. The Morgan fingerprint density at radius 1 is 1.30 bits per heavy atom. The molecule has 9 heteroatoms. The third-order valence-electron chi connectivity index (χ3n) is 4.46. The molecule has 2 aromatic rings. The number of para-hydroxylation sites is 1. The number of carbonyl (C=O) groups excluding carboxylic acids is 1. The molecule has 8 nitrogen and oxygen atoms in total. The first-order chi connectivity index (χ1) is 12.9. The van der Waals surface area contributed by atoms with E-state index in [0.717, 1.165) is 0 Å². The van der Waals surface area contributed by atoms with Crippen LogP contribution >= 0.6 is 0 Å². The van der Waals surface area contributed by atoms with Gasteiger partial charge in [-0.3, -0.25) is 4.79 Å². The second-order valence-electron chi connectivity index (χ2n) is 6.23. The molecule has 1 aliphatic rings. The molecule has 1 aromatic carbocycles. The van der Waals surface area contributed by atoms with Crippen molar-refractivity contribution in [3.8, 4) is 6.07 Å². The van der Waals surface area contributed by atoms with Crippen LogP contribution in [0, 0.1) is 11.3 Å². The molecular weight excluding hydrogens is 366 g/mol. The van der Waals surface area contributed by atoms with Crippen LogP contribution in [-0.2, 0) is 9.84 Å². The van der Waals surface area contributed by atoms with Crippen LogP contribution in [0.2, 0.25) is 0 Å². The van der Waals surface area contributed by atoms with Crippen molar-refractivity contribution >= 4 is 27.2 Å². The van der Waals surface area contributed by atoms with Crippen LogP contribution in [-0.4, -0.2) is 48.6 Å². The molecule has 0 saturated carbocycles. The molecule has 0 bridgehead atoms. The Morgan fingerprint density at radius 3 is 2.67 bits per heavy atom. The number of hydrogen-bond donors (Lipinski definition) is 1. The van der Waals surface area contributed by atoms with Crippen LogP contribution in [0.5, 0.6) is 0 Å². The summed E-state index contributed by atoms with van der Waals surface area (Å²) in [6, 6.07) is 11.8. The summed E-state index contributed by atoms with van der Waals surface area (Å²) < 4.78 is 23.4. The van der Waals surface area contributed by atoms with Crippen molar-refractivity contribution < 1.29 is 13.2 Å². The molecule has 1 aliphatic heterocycles. The molecule has 1 saturated heterocycles. The molecule has 140 valence electrons. The van der Waals surface area contributed by atoms with Crippen LogP contribution in [0.1, 0.15) is 29.4 Å². The van der Waals surface area contributed by atoms with Gasteiger partial charge in [-0.15, -0.1) is 10.2 Å². The highest BCUT2D eigenvalue weighted by Crippen LogP contribution is 2.22. The number of sulfone groups is 1. The van der Waals surface area contributed by atoms with Gasteiger partial charge >= 0.3 is 0 Å². The molecule has 1 unspecified atom stereocenters. The molecule has 1 amide bonds. The Kier molecular flexibility index (Phi) is 5.37. The van der Waals surface area contributed by atoms with E-state index in [2.05, 4.69) is 15.5 Å². The van der Waals surface area contributed by atoms with Gasteiger partial charge in [0.1, 0.15) is 6.07 Å². The lowest BCUT2D eigenvalue weighted by atomic mass is 10.2. The number of hydrogen-bond acceptors (Lipinski definition) is 7. The zero-order valence-corrected chi connectivity index (χ0v) is 15.6. The fraction of sp³-hybridized carbons (Fsp3) is 0.333. The molecular formula is C18H19N5O3S. The summed E-state index contributed by atoms with van der Waals surface area (Å²) in [5.74, 6) is 0.354. The minimum atomic E-state index is -3.00. The number of nitriles is 1. The summed E-state index contributed by atoms with van der Waals surface area (Å²) in [6.07, 6.45) is 0.561. The molecule has 1 aromatic heterocycles. The highest BCUT2D eigenvalue weighted by molar-refractivity contribution is 7.91. The molecule has 3 rings (SSSR count). The predicted octanol–water partition coefficient (Wildman–Crippen LogP) is 1.61. The Hall–Kier alpha value is -2.99. The topological polar surface area (TPSA) is 116 Å². The molecule has 1 N–H and O–H groups in total. The van der Waals surface area contributed by atoms with Crippen molar-refractivity contribution in [2.24, 2.45) is 0 Å². The maximum atomic E-state index is 12.4. The molecule has 27 heavy (non-hydrogen) atoms. The smallest absolute Gasteiger partial charge is 0.276 e. The number of carbonyl (C=O) groups is 1. The average Bonchev–Trinajstić information content (AvgIpc) is 3.03. The maximum Gasteiger partial charge on any atom is 0.276 e. The number of nitrogens with zero attached hydrogens (tertiary/aromatic N) is 4. The second-order valence-corrected chi connectivity index (χ2v) is 8.46. The highest BCUT2D eigenvalue weighted by atomic mass is 32.2. The first-order valence-corrected chi connectivity index (χ1v) is 10.4. The van der Waals surface area contributed by atoms with Gasteiger partial charge < -0.3 is 10.2 Å². The van der Waals surface area contributed by atoms with Crippen molar-refractivity contribution in [3.05, 3.63) is 47.7 Å². The number of nitrogens with one attached hydrogen (secondary N) is 1. The van der Waals surface area contributed by atoms with Crippen LogP contribution < -0.4 is 10.2 Å². The first kappa shape index (κ1) is 18.8. The van der Waals surface area contributed by atoms with Gasteiger partial charge in [0.15, 0.2) is 21.3 Å². The van der Waals surface area contributed by atoms with Crippen LogP contribution in [0.15, 0.2) is 36.4 Å². The summed E-state index contributed by atoms with van der Waals surface area (Å²) in [7, 11) is -3.00. The lowest BCUT2D eigenvalue weighted by Crippen LogP contribution is -2.37. The molecule has 0 radical (unpaired) electrons. The van der Waals surface area contributed by atoms with E-state index in [4.69, 9.17) is 5.26 Å². The van der Waals surface area contributed by atoms with Gasteiger partial charge in [0.2, 0.25) is 0 Å². The van der Waals surface area contributed by atoms with Gasteiger partial charge in [-0.05, 0) is 37.6 Å². The normalized spacial score (nSPS) is 17.9. The van der Waals surface area contributed by atoms with E-state index in [1.165, 1.54) is 0 Å². The fourth-order valence-electron chi connectivity index (χ4n) is 3.10. The van der Waals surface area contributed by atoms with E-state index in [1.54, 1.807) is 36.4 Å². The van der Waals surface area contributed by atoms with Crippen molar-refractivity contribution in [3.63, 3.8) is 0 Å². The standard InChI is InChI=1S/C18H19N5O3S/c1-2-23(14-9-10-27(25,26)12-14)17-8-7-16(21-22-17)18(24)20-15-6-4-3-5-13(15)11-19/h3-8,14H,2,9-10,12H2,1H3,(H,20,24). The minimum Gasteiger partial charge on any atom is -0.351 e. The van der Waals surface area contributed by atoms with E-state index in [-0.39, 0.29) is 23.2 Å². The quantitative estimate of drug-likeness (QED) is 0.831. The Labute approximate surface area is 157 Å². The van der Waals surface area contributed by atoms with Gasteiger partial charge in [-0.1, -0.05) is 12.1 Å². The predicted molar refractivity (Wildman–Crippen MR) is 101 cm³/mol. The van der Waals surface area contributed by atoms with E-state index >= 15 is 0 Å². The largest absolute Gasteiger partial charge is 0.351 e. The lowest BCUT2D eigenvalue weighted by Gasteiger charge is -2.27. The minimum absolute atomic E-state index is 0.107. The van der Waals surface area contributed by atoms with E-state index in [0.29, 0.717) is 30.0 Å². The van der Waals surface area contributed by atoms with E-state index in [1.807, 2.05) is 17.9 Å². The Balaban J connectivity index is 1.74. The highest BCUT2D eigenvalue weighted by Gasteiger charge is 2.32. The molecule has 1 atom stereocenters. The zero-order chi connectivity index (χ0) is 19.4. The van der Waals surface area contributed by atoms with E-state index < -0.39 is 15.7 Å². The Morgan fingerprint density at radius 2 is 2.07 bits per heavy atom. The van der Waals surface area contributed by atoms with Gasteiger partial charge in [0, 0.05) is 12.6 Å². The first-order valence-electron chi connectivity index (χ1n) is 8.55. The number of amides is 1. The number of aromatic nitrogens is 2. The Bertz CT molecular complexity index is 983. The monoisotopic (exact) mass is 385 g/mol. The number of anilines is 2. The second kappa shape index (κ2) is 7.72. The third-order valence-corrected chi connectivity index (χ3v) is 6.21. The fourth-order valence-corrected chi connectivity index (χ4v) is 4.83. The summed E-state index contributed by atoms with van der Waals surface area (Å²) in [6.45, 7) is 2.52. The average molecular weight is 385 g/mol. The lowest BCUT2D eigenvalue weighted by molar-refractivity contribution is 0.102. The van der Waals surface area contributed by atoms with Crippen molar-refractivity contribution in [2.75, 3.05) is 28.3 Å². The molecule has 0 spiro atoms. The summed E-state index contributed by atoms with van der Waals surface area (Å²) in [5, 5.41) is 19.8. The summed E-state index contributed by atoms with van der Waals surface area (Å²) in [4.78, 5) is 14.3. The van der Waals surface area contributed by atoms with Crippen molar-refractivity contribution in [1.82, 2.24) is 10.2 Å². The number of rotatable bonds is 5. The molecule has 2 heterocycles.